The van der Waals surface area contributed by atoms with Crippen LogP contribution in [0.4, 0.5) is 0 Å². The minimum Gasteiger partial charge on any atom is -0.393 e. The van der Waals surface area contributed by atoms with E-state index < -0.39 is 0 Å². The SMILES string of the molecule is CCCCCCCCCCCCCC1CCC(O)C1. The Morgan fingerprint density at radius 2 is 1.26 bits per heavy atom. The second kappa shape index (κ2) is 11.8. The van der Waals surface area contributed by atoms with Gasteiger partial charge in [0.15, 0.2) is 0 Å². The monoisotopic (exact) mass is 268 g/mol. The van der Waals surface area contributed by atoms with Crippen molar-refractivity contribution in [3.05, 3.63) is 0 Å². The highest BCUT2D eigenvalue weighted by Gasteiger charge is 2.21. The molecule has 1 aliphatic carbocycles. The van der Waals surface area contributed by atoms with Crippen LogP contribution in [0.25, 0.3) is 0 Å². The van der Waals surface area contributed by atoms with E-state index >= 15 is 0 Å². The summed E-state index contributed by atoms with van der Waals surface area (Å²) in [4.78, 5) is 0. The van der Waals surface area contributed by atoms with Crippen LogP contribution in [0.3, 0.4) is 0 Å². The smallest absolute Gasteiger partial charge is 0.0543 e. The summed E-state index contributed by atoms with van der Waals surface area (Å²) in [5.74, 6) is 0.841. The molecule has 0 heterocycles. The Labute approximate surface area is 121 Å². The van der Waals surface area contributed by atoms with E-state index in [1.807, 2.05) is 0 Å². The fraction of sp³-hybridized carbons (Fsp3) is 1.00. The number of unbranched alkanes of at least 4 members (excludes halogenated alkanes) is 10. The summed E-state index contributed by atoms with van der Waals surface area (Å²) in [6.07, 6.45) is 20.6. The van der Waals surface area contributed by atoms with Crippen molar-refractivity contribution in [1.82, 2.24) is 0 Å². The van der Waals surface area contributed by atoms with Crippen LogP contribution < -0.4 is 0 Å². The summed E-state index contributed by atoms with van der Waals surface area (Å²) < 4.78 is 0. The fourth-order valence-electron chi connectivity index (χ4n) is 3.41. The van der Waals surface area contributed by atoms with Gasteiger partial charge in [0, 0.05) is 0 Å². The van der Waals surface area contributed by atoms with Crippen molar-refractivity contribution in [3.63, 3.8) is 0 Å². The molecule has 0 saturated heterocycles. The first-order valence-electron chi connectivity index (χ1n) is 9.01. The highest BCUT2D eigenvalue weighted by atomic mass is 16.3. The third kappa shape index (κ3) is 9.49. The van der Waals surface area contributed by atoms with E-state index in [2.05, 4.69) is 6.92 Å². The summed E-state index contributed by atoms with van der Waals surface area (Å²) in [6, 6.07) is 0. The summed E-state index contributed by atoms with van der Waals surface area (Å²) in [6.45, 7) is 2.28. The van der Waals surface area contributed by atoms with Crippen LogP contribution in [-0.2, 0) is 0 Å². The van der Waals surface area contributed by atoms with Crippen LogP contribution in [0.15, 0.2) is 0 Å². The largest absolute Gasteiger partial charge is 0.393 e. The molecule has 1 heteroatoms. The lowest BCUT2D eigenvalue weighted by atomic mass is 9.98. The van der Waals surface area contributed by atoms with E-state index in [4.69, 9.17) is 0 Å². The number of hydrogen-bond acceptors (Lipinski definition) is 1. The first kappa shape index (κ1) is 17.0. The molecule has 1 fully saturated rings. The molecule has 0 aromatic carbocycles. The van der Waals surface area contributed by atoms with Crippen molar-refractivity contribution in [2.24, 2.45) is 5.92 Å². The van der Waals surface area contributed by atoms with Crippen LogP contribution in [0.2, 0.25) is 0 Å². The summed E-state index contributed by atoms with van der Waals surface area (Å²) in [5.41, 5.74) is 0. The van der Waals surface area contributed by atoms with E-state index in [9.17, 15) is 5.11 Å². The molecule has 2 unspecified atom stereocenters. The molecule has 1 aliphatic rings. The maximum atomic E-state index is 9.48. The Bertz CT molecular complexity index is 190. The predicted octanol–water partition coefficient (Wildman–Crippen LogP) is 5.85. The molecular formula is C18H36O. The molecule has 1 saturated carbocycles. The Morgan fingerprint density at radius 3 is 1.74 bits per heavy atom. The molecule has 0 aliphatic heterocycles. The lowest BCUT2D eigenvalue weighted by Gasteiger charge is -2.08. The summed E-state index contributed by atoms with van der Waals surface area (Å²) >= 11 is 0. The molecule has 0 aromatic rings. The van der Waals surface area contributed by atoms with Gasteiger partial charge in [-0.15, -0.1) is 0 Å². The average molecular weight is 268 g/mol. The van der Waals surface area contributed by atoms with Gasteiger partial charge in [-0.3, -0.25) is 0 Å². The van der Waals surface area contributed by atoms with E-state index in [0.717, 1.165) is 18.8 Å². The van der Waals surface area contributed by atoms with Gasteiger partial charge < -0.3 is 5.11 Å². The standard InChI is InChI=1S/C18H36O/c1-2-3-4-5-6-7-8-9-10-11-12-13-17-14-15-18(19)16-17/h17-19H,2-16H2,1H3. The highest BCUT2D eigenvalue weighted by molar-refractivity contribution is 4.74. The highest BCUT2D eigenvalue weighted by Crippen LogP contribution is 2.29. The van der Waals surface area contributed by atoms with Crippen molar-refractivity contribution in [3.8, 4) is 0 Å². The predicted molar refractivity (Wildman–Crippen MR) is 84.4 cm³/mol. The third-order valence-corrected chi connectivity index (χ3v) is 4.73. The van der Waals surface area contributed by atoms with E-state index in [0.29, 0.717) is 0 Å². The normalized spacial score (nSPS) is 23.1. The lowest BCUT2D eigenvalue weighted by molar-refractivity contribution is 0.176. The lowest BCUT2D eigenvalue weighted by Crippen LogP contribution is -2.00. The van der Waals surface area contributed by atoms with Gasteiger partial charge in [0.1, 0.15) is 0 Å². The first-order valence-corrected chi connectivity index (χ1v) is 9.01. The van der Waals surface area contributed by atoms with Crippen molar-refractivity contribution in [2.45, 2.75) is 109 Å². The Kier molecular flexibility index (Phi) is 10.5. The molecule has 1 rings (SSSR count). The Balaban J connectivity index is 1.72. The van der Waals surface area contributed by atoms with Gasteiger partial charge in [-0.1, -0.05) is 84.0 Å². The molecule has 114 valence electrons. The van der Waals surface area contributed by atoms with Crippen LogP contribution in [-0.4, -0.2) is 11.2 Å². The zero-order valence-electron chi connectivity index (χ0n) is 13.2. The molecule has 1 N–H and O–H groups in total. The van der Waals surface area contributed by atoms with Crippen LogP contribution in [0, 0.1) is 5.92 Å². The van der Waals surface area contributed by atoms with Gasteiger partial charge in [0.25, 0.3) is 0 Å². The molecular weight excluding hydrogens is 232 g/mol. The minimum absolute atomic E-state index is 0.0257. The van der Waals surface area contributed by atoms with E-state index in [1.165, 1.54) is 83.5 Å². The van der Waals surface area contributed by atoms with Gasteiger partial charge in [-0.2, -0.15) is 0 Å². The topological polar surface area (TPSA) is 20.2 Å². The zero-order valence-corrected chi connectivity index (χ0v) is 13.2. The van der Waals surface area contributed by atoms with Gasteiger partial charge in [-0.25, -0.2) is 0 Å². The summed E-state index contributed by atoms with van der Waals surface area (Å²) in [5, 5.41) is 9.48. The molecule has 0 bridgehead atoms. The average Bonchev–Trinajstić information content (AvgIpc) is 2.82. The van der Waals surface area contributed by atoms with Crippen LogP contribution >= 0.6 is 0 Å². The molecule has 1 nitrogen and oxygen atoms in total. The van der Waals surface area contributed by atoms with Crippen molar-refractivity contribution in [1.29, 1.82) is 0 Å². The molecule has 19 heavy (non-hydrogen) atoms. The molecule has 0 amide bonds. The number of hydrogen-bond donors (Lipinski definition) is 1. The molecule has 0 spiro atoms. The maximum Gasteiger partial charge on any atom is 0.0543 e. The fourth-order valence-corrected chi connectivity index (χ4v) is 3.41. The Hall–Kier alpha value is -0.0400. The second-order valence-electron chi connectivity index (χ2n) is 6.66. The maximum absolute atomic E-state index is 9.48. The van der Waals surface area contributed by atoms with Crippen molar-refractivity contribution in [2.75, 3.05) is 0 Å². The minimum atomic E-state index is 0.0257. The number of aliphatic hydroxyl groups excluding tert-OH is 1. The zero-order chi connectivity index (χ0) is 13.8. The first-order chi connectivity index (χ1) is 9.33. The van der Waals surface area contributed by atoms with E-state index in [1.54, 1.807) is 0 Å². The van der Waals surface area contributed by atoms with Crippen molar-refractivity contribution < 1.29 is 5.11 Å². The van der Waals surface area contributed by atoms with Gasteiger partial charge in [-0.05, 0) is 25.2 Å². The number of rotatable bonds is 12. The quantitative estimate of drug-likeness (QED) is 0.440. The van der Waals surface area contributed by atoms with Gasteiger partial charge in [0.05, 0.1) is 6.10 Å². The molecule has 2 atom stereocenters. The van der Waals surface area contributed by atoms with Gasteiger partial charge in [0.2, 0.25) is 0 Å². The van der Waals surface area contributed by atoms with Crippen LogP contribution in [0.5, 0.6) is 0 Å². The molecule has 0 radical (unpaired) electrons. The van der Waals surface area contributed by atoms with Crippen molar-refractivity contribution >= 4 is 0 Å². The third-order valence-electron chi connectivity index (χ3n) is 4.73. The summed E-state index contributed by atoms with van der Waals surface area (Å²) in [7, 11) is 0. The second-order valence-corrected chi connectivity index (χ2v) is 6.66. The van der Waals surface area contributed by atoms with E-state index in [-0.39, 0.29) is 6.10 Å². The van der Waals surface area contributed by atoms with Gasteiger partial charge >= 0.3 is 0 Å². The Morgan fingerprint density at radius 1 is 0.737 bits per heavy atom. The molecule has 0 aromatic heterocycles. The number of aliphatic hydroxyl groups is 1. The van der Waals surface area contributed by atoms with Crippen LogP contribution in [0.1, 0.15) is 103 Å².